The summed E-state index contributed by atoms with van der Waals surface area (Å²) in [6, 6.07) is 0. The van der Waals surface area contributed by atoms with Crippen LogP contribution < -0.4 is 5.56 Å². The number of halogens is 1. The summed E-state index contributed by atoms with van der Waals surface area (Å²) in [5, 5.41) is 0.737. The largest absolute Gasteiger partial charge is 0.378 e. The van der Waals surface area contributed by atoms with Crippen LogP contribution in [0.3, 0.4) is 0 Å². The van der Waals surface area contributed by atoms with Gasteiger partial charge < -0.3 is 9.72 Å². The van der Waals surface area contributed by atoms with Gasteiger partial charge in [0.2, 0.25) is 0 Å². The van der Waals surface area contributed by atoms with E-state index in [1.165, 1.54) is 25.7 Å². The molecule has 2 rings (SSSR count). The van der Waals surface area contributed by atoms with E-state index >= 15 is 0 Å². The van der Waals surface area contributed by atoms with Gasteiger partial charge in [0.25, 0.3) is 5.56 Å². The third kappa shape index (κ3) is 3.71. The summed E-state index contributed by atoms with van der Waals surface area (Å²) >= 11 is 3.92. The van der Waals surface area contributed by atoms with Gasteiger partial charge in [-0.25, -0.2) is 4.98 Å². The number of nitrogens with one attached hydrogen (secondary N) is 1. The van der Waals surface area contributed by atoms with Gasteiger partial charge in [-0.05, 0) is 35.4 Å². The summed E-state index contributed by atoms with van der Waals surface area (Å²) in [6.07, 6.45) is 5.26. The average Bonchev–Trinajstić information content (AvgIpc) is 2.86. The molecule has 0 atom stereocenters. The van der Waals surface area contributed by atoms with Gasteiger partial charge in [-0.2, -0.15) is 11.8 Å². The van der Waals surface area contributed by atoms with Crippen LogP contribution in [-0.4, -0.2) is 22.3 Å². The van der Waals surface area contributed by atoms with Crippen molar-refractivity contribution in [2.45, 2.75) is 43.3 Å². The van der Waals surface area contributed by atoms with E-state index in [-0.39, 0.29) is 5.56 Å². The first kappa shape index (κ1) is 14.3. The highest BCUT2D eigenvalue weighted by Crippen LogP contribution is 2.30. The molecule has 1 aromatic heterocycles. The molecule has 1 aliphatic carbocycles. The van der Waals surface area contributed by atoms with Crippen LogP contribution in [0.25, 0.3) is 0 Å². The first-order chi connectivity index (χ1) is 8.70. The van der Waals surface area contributed by atoms with Crippen molar-refractivity contribution in [3.8, 4) is 0 Å². The second-order valence-corrected chi connectivity index (χ2v) is 6.79. The van der Waals surface area contributed by atoms with Gasteiger partial charge in [-0.3, -0.25) is 4.79 Å². The van der Waals surface area contributed by atoms with E-state index in [1.54, 1.807) is 7.11 Å². The molecular formula is C12H17IN2O2S. The SMILES string of the molecule is COCc1nc(CSC2CCCC2)[nH]c(=O)c1I. The van der Waals surface area contributed by atoms with Crippen LogP contribution in [0.2, 0.25) is 0 Å². The van der Waals surface area contributed by atoms with Gasteiger partial charge in [0.1, 0.15) is 9.39 Å². The summed E-state index contributed by atoms with van der Waals surface area (Å²) in [5.74, 6) is 1.55. The summed E-state index contributed by atoms with van der Waals surface area (Å²) in [4.78, 5) is 19.1. The maximum absolute atomic E-state index is 11.8. The highest BCUT2D eigenvalue weighted by atomic mass is 127. The lowest BCUT2D eigenvalue weighted by molar-refractivity contribution is 0.180. The number of nitrogens with zero attached hydrogens (tertiary/aromatic N) is 1. The quantitative estimate of drug-likeness (QED) is 0.799. The Kier molecular flexibility index (Phi) is 5.50. The van der Waals surface area contributed by atoms with Gasteiger partial charge in [-0.15, -0.1) is 0 Å². The first-order valence-corrected chi connectivity index (χ1v) is 8.21. The molecule has 1 saturated carbocycles. The number of H-pyrrole nitrogens is 1. The van der Waals surface area contributed by atoms with Crippen molar-refractivity contribution in [3.05, 3.63) is 25.4 Å². The molecule has 0 amide bonds. The lowest BCUT2D eigenvalue weighted by Crippen LogP contribution is -2.18. The van der Waals surface area contributed by atoms with Crippen molar-refractivity contribution < 1.29 is 4.74 Å². The number of aromatic amines is 1. The van der Waals surface area contributed by atoms with Crippen LogP contribution >= 0.6 is 34.4 Å². The minimum absolute atomic E-state index is 0.0559. The van der Waals surface area contributed by atoms with Gasteiger partial charge in [0, 0.05) is 12.4 Å². The zero-order valence-electron chi connectivity index (χ0n) is 10.4. The molecule has 1 aromatic rings. The normalized spacial score (nSPS) is 16.3. The Labute approximate surface area is 124 Å². The number of hydrogen-bond acceptors (Lipinski definition) is 4. The number of aromatic nitrogens is 2. The zero-order valence-corrected chi connectivity index (χ0v) is 13.3. The van der Waals surface area contributed by atoms with Crippen molar-refractivity contribution in [1.29, 1.82) is 0 Å². The van der Waals surface area contributed by atoms with Gasteiger partial charge in [-0.1, -0.05) is 12.8 Å². The Morgan fingerprint density at radius 3 is 2.89 bits per heavy atom. The highest BCUT2D eigenvalue weighted by molar-refractivity contribution is 14.1. The van der Waals surface area contributed by atoms with Crippen molar-refractivity contribution in [2.24, 2.45) is 0 Å². The second kappa shape index (κ2) is 6.91. The molecule has 0 bridgehead atoms. The Balaban J connectivity index is 2.05. The molecule has 1 heterocycles. The van der Waals surface area contributed by atoms with E-state index in [4.69, 9.17) is 4.74 Å². The van der Waals surface area contributed by atoms with Crippen LogP contribution in [0.1, 0.15) is 37.2 Å². The predicted octanol–water partition coefficient (Wildman–Crippen LogP) is 2.70. The molecule has 6 heteroatoms. The van der Waals surface area contributed by atoms with Crippen molar-refractivity contribution >= 4 is 34.4 Å². The average molecular weight is 380 g/mol. The number of rotatable bonds is 5. The van der Waals surface area contributed by atoms with Crippen LogP contribution in [0.4, 0.5) is 0 Å². The Morgan fingerprint density at radius 1 is 1.50 bits per heavy atom. The number of ether oxygens (including phenoxy) is 1. The molecule has 1 N–H and O–H groups in total. The molecule has 1 aliphatic rings. The first-order valence-electron chi connectivity index (χ1n) is 6.09. The van der Waals surface area contributed by atoms with E-state index < -0.39 is 0 Å². The monoisotopic (exact) mass is 380 g/mol. The van der Waals surface area contributed by atoms with Crippen LogP contribution in [-0.2, 0) is 17.1 Å². The smallest absolute Gasteiger partial charge is 0.264 e. The minimum atomic E-state index is -0.0559. The van der Waals surface area contributed by atoms with Crippen molar-refractivity contribution in [2.75, 3.05) is 7.11 Å². The standard InChI is InChI=1S/C12H17IN2O2S/c1-17-6-9-11(13)12(16)15-10(14-9)7-18-8-4-2-3-5-8/h8H,2-7H2,1H3,(H,14,15,16). The summed E-state index contributed by atoms with van der Waals surface area (Å²) in [7, 11) is 1.62. The molecule has 100 valence electrons. The molecule has 0 radical (unpaired) electrons. The fourth-order valence-electron chi connectivity index (χ4n) is 2.11. The summed E-state index contributed by atoms with van der Waals surface area (Å²) < 4.78 is 5.70. The second-order valence-electron chi connectivity index (χ2n) is 4.42. The minimum Gasteiger partial charge on any atom is -0.378 e. The summed E-state index contributed by atoms with van der Waals surface area (Å²) in [6.45, 7) is 0.392. The number of hydrogen-bond donors (Lipinski definition) is 1. The molecule has 0 aromatic carbocycles. The Bertz CT molecular complexity index is 458. The van der Waals surface area contributed by atoms with E-state index in [2.05, 4.69) is 9.97 Å². The lowest BCUT2D eigenvalue weighted by Gasteiger charge is -2.09. The third-order valence-corrected chi connectivity index (χ3v) is 5.51. The molecule has 4 nitrogen and oxygen atoms in total. The Morgan fingerprint density at radius 2 is 2.22 bits per heavy atom. The molecule has 0 saturated heterocycles. The van der Waals surface area contributed by atoms with E-state index in [0.29, 0.717) is 10.2 Å². The van der Waals surface area contributed by atoms with E-state index in [0.717, 1.165) is 22.5 Å². The molecule has 0 unspecified atom stereocenters. The topological polar surface area (TPSA) is 55.0 Å². The van der Waals surface area contributed by atoms with Crippen molar-refractivity contribution in [3.63, 3.8) is 0 Å². The zero-order chi connectivity index (χ0) is 13.0. The fraction of sp³-hybridized carbons (Fsp3) is 0.667. The van der Waals surface area contributed by atoms with Gasteiger partial charge >= 0.3 is 0 Å². The van der Waals surface area contributed by atoms with Crippen LogP contribution in [0.5, 0.6) is 0 Å². The third-order valence-electron chi connectivity index (χ3n) is 3.02. The van der Waals surface area contributed by atoms with Crippen molar-refractivity contribution in [1.82, 2.24) is 9.97 Å². The predicted molar refractivity (Wildman–Crippen MR) is 81.8 cm³/mol. The molecule has 0 spiro atoms. The summed E-state index contributed by atoms with van der Waals surface area (Å²) in [5.41, 5.74) is 0.684. The highest BCUT2D eigenvalue weighted by Gasteiger charge is 2.16. The maximum Gasteiger partial charge on any atom is 0.264 e. The maximum atomic E-state index is 11.8. The van der Waals surface area contributed by atoms with Gasteiger partial charge in [0.15, 0.2) is 0 Å². The van der Waals surface area contributed by atoms with Crippen LogP contribution in [0.15, 0.2) is 4.79 Å². The van der Waals surface area contributed by atoms with E-state index in [9.17, 15) is 4.79 Å². The molecule has 1 fully saturated rings. The fourth-order valence-corrected chi connectivity index (χ4v) is 3.72. The lowest BCUT2D eigenvalue weighted by atomic mass is 10.4. The molecular weight excluding hydrogens is 363 g/mol. The Hall–Kier alpha value is -0.0800. The number of methoxy groups -OCH3 is 1. The number of thioether (sulfide) groups is 1. The van der Waals surface area contributed by atoms with Crippen LogP contribution in [0, 0.1) is 3.57 Å². The van der Waals surface area contributed by atoms with E-state index in [1.807, 2.05) is 34.4 Å². The molecule has 0 aliphatic heterocycles. The molecule has 18 heavy (non-hydrogen) atoms. The van der Waals surface area contributed by atoms with Gasteiger partial charge in [0.05, 0.1) is 18.1 Å².